The Bertz CT molecular complexity index is 490. The van der Waals surface area contributed by atoms with Crippen LogP contribution in [0.1, 0.15) is 62.1 Å². The summed E-state index contributed by atoms with van der Waals surface area (Å²) in [5.74, 6) is 0.538. The molecule has 0 aromatic heterocycles. The topological polar surface area (TPSA) is 35.2 Å². The average molecular weight is 352 g/mol. The van der Waals surface area contributed by atoms with Gasteiger partial charge in [0, 0.05) is 17.1 Å². The highest BCUT2D eigenvalue weighted by Crippen LogP contribution is 2.44. The van der Waals surface area contributed by atoms with Gasteiger partial charge in [0.15, 0.2) is 0 Å². The Morgan fingerprint density at radius 1 is 1.29 bits per heavy atom. The van der Waals surface area contributed by atoms with Crippen molar-refractivity contribution in [2.45, 2.75) is 63.5 Å². The lowest BCUT2D eigenvalue weighted by Crippen LogP contribution is -2.44. The Balaban J connectivity index is 1.76. The number of rotatable bonds is 2. The fourth-order valence-corrected chi connectivity index (χ4v) is 4.83. The van der Waals surface area contributed by atoms with Crippen LogP contribution in [0.5, 0.6) is 0 Å². The minimum absolute atomic E-state index is 0.114. The molecule has 116 valence electrons. The minimum atomic E-state index is 0.114. The molecule has 2 atom stereocenters. The summed E-state index contributed by atoms with van der Waals surface area (Å²) >= 11 is 3.69. The van der Waals surface area contributed by atoms with Crippen LogP contribution in [0.3, 0.4) is 0 Å². The molecule has 1 aliphatic heterocycles. The second-order valence-corrected chi connectivity index (χ2v) is 7.75. The molecular weight excluding hydrogens is 326 g/mol. The van der Waals surface area contributed by atoms with Crippen molar-refractivity contribution in [3.63, 3.8) is 0 Å². The highest BCUT2D eigenvalue weighted by molar-refractivity contribution is 9.10. The van der Waals surface area contributed by atoms with Crippen LogP contribution in [0, 0.1) is 12.8 Å². The van der Waals surface area contributed by atoms with Gasteiger partial charge in [-0.05, 0) is 55.7 Å². The van der Waals surface area contributed by atoms with E-state index in [1.54, 1.807) is 0 Å². The van der Waals surface area contributed by atoms with Crippen LogP contribution in [0.25, 0.3) is 0 Å². The molecule has 0 radical (unpaired) electrons. The van der Waals surface area contributed by atoms with E-state index < -0.39 is 0 Å². The number of halogens is 1. The fraction of sp³-hybridized carbons (Fsp3) is 0.667. The van der Waals surface area contributed by atoms with Crippen LogP contribution in [0.2, 0.25) is 0 Å². The van der Waals surface area contributed by atoms with E-state index in [0.29, 0.717) is 5.92 Å². The zero-order valence-corrected chi connectivity index (χ0v) is 14.5. The third-order valence-corrected chi connectivity index (χ3v) is 6.01. The van der Waals surface area contributed by atoms with E-state index in [1.807, 2.05) is 0 Å². The normalized spacial score (nSPS) is 26.7. The molecule has 0 amide bonds. The molecule has 0 bridgehead atoms. The van der Waals surface area contributed by atoms with E-state index >= 15 is 0 Å². The van der Waals surface area contributed by atoms with Gasteiger partial charge in [0.1, 0.15) is 0 Å². The van der Waals surface area contributed by atoms with Crippen LogP contribution in [-0.4, -0.2) is 12.2 Å². The van der Waals surface area contributed by atoms with Gasteiger partial charge in [-0.2, -0.15) is 0 Å². The van der Waals surface area contributed by atoms with Crippen molar-refractivity contribution in [2.24, 2.45) is 11.7 Å². The molecule has 1 aliphatic carbocycles. The van der Waals surface area contributed by atoms with Gasteiger partial charge in [-0.3, -0.25) is 0 Å². The van der Waals surface area contributed by atoms with Gasteiger partial charge in [0.25, 0.3) is 0 Å². The van der Waals surface area contributed by atoms with E-state index in [0.717, 1.165) is 23.9 Å². The van der Waals surface area contributed by atoms with Crippen molar-refractivity contribution < 1.29 is 4.74 Å². The summed E-state index contributed by atoms with van der Waals surface area (Å²) in [4.78, 5) is 0. The van der Waals surface area contributed by atoms with E-state index in [4.69, 9.17) is 10.5 Å². The van der Waals surface area contributed by atoms with Crippen molar-refractivity contribution in [1.82, 2.24) is 0 Å². The summed E-state index contributed by atoms with van der Waals surface area (Å²) in [6, 6.07) is 6.64. The molecule has 21 heavy (non-hydrogen) atoms. The van der Waals surface area contributed by atoms with Gasteiger partial charge in [0.2, 0.25) is 0 Å². The highest BCUT2D eigenvalue weighted by atomic mass is 79.9. The van der Waals surface area contributed by atoms with Gasteiger partial charge < -0.3 is 10.5 Å². The number of aryl methyl sites for hydroxylation is 1. The molecule has 2 N–H and O–H groups in total. The van der Waals surface area contributed by atoms with Crippen molar-refractivity contribution in [3.05, 3.63) is 33.8 Å². The first-order valence-corrected chi connectivity index (χ1v) is 9.05. The lowest BCUT2D eigenvalue weighted by molar-refractivity contribution is -0.120. The van der Waals surface area contributed by atoms with Crippen LogP contribution >= 0.6 is 15.9 Å². The highest BCUT2D eigenvalue weighted by Gasteiger charge is 2.40. The Labute approximate surface area is 136 Å². The molecule has 1 saturated carbocycles. The van der Waals surface area contributed by atoms with Crippen LogP contribution in [0.15, 0.2) is 22.7 Å². The molecular formula is C18H26BrNO. The summed E-state index contributed by atoms with van der Waals surface area (Å²) in [6.07, 6.45) is 8.67. The molecule has 2 unspecified atom stereocenters. The second-order valence-electron chi connectivity index (χ2n) is 6.90. The van der Waals surface area contributed by atoms with E-state index in [-0.39, 0.29) is 11.6 Å². The Kier molecular flexibility index (Phi) is 4.72. The maximum absolute atomic E-state index is 6.63. The largest absolute Gasteiger partial charge is 0.375 e. The summed E-state index contributed by atoms with van der Waals surface area (Å²) in [5, 5.41) is 0. The Hall–Kier alpha value is -0.380. The zero-order chi connectivity index (χ0) is 14.9. The second kappa shape index (κ2) is 6.39. The van der Waals surface area contributed by atoms with Crippen LogP contribution in [0.4, 0.5) is 0 Å². The molecule has 1 spiro atoms. The summed E-state index contributed by atoms with van der Waals surface area (Å²) in [5.41, 5.74) is 9.28. The standard InChI is InChI=1S/C18H26BrNO/c1-13-5-6-15(16(19)11-13)17(20)14-7-10-21-18(12-14)8-3-2-4-9-18/h5-6,11,14,17H,2-4,7-10,12,20H2,1H3. The number of nitrogens with two attached hydrogens (primary N) is 1. The van der Waals surface area contributed by atoms with Gasteiger partial charge >= 0.3 is 0 Å². The maximum Gasteiger partial charge on any atom is 0.0685 e. The zero-order valence-electron chi connectivity index (χ0n) is 12.9. The molecule has 2 aliphatic rings. The molecule has 3 heteroatoms. The third kappa shape index (κ3) is 3.35. The summed E-state index contributed by atoms with van der Waals surface area (Å²) < 4.78 is 7.36. The van der Waals surface area contributed by atoms with Gasteiger partial charge in [-0.15, -0.1) is 0 Å². The van der Waals surface area contributed by atoms with E-state index in [2.05, 4.69) is 41.1 Å². The van der Waals surface area contributed by atoms with Gasteiger partial charge in [0.05, 0.1) is 5.60 Å². The van der Waals surface area contributed by atoms with Gasteiger partial charge in [-0.1, -0.05) is 47.3 Å². The minimum Gasteiger partial charge on any atom is -0.375 e. The lowest BCUT2D eigenvalue weighted by Gasteiger charge is -2.45. The predicted molar refractivity (Wildman–Crippen MR) is 90.3 cm³/mol. The number of ether oxygens (including phenoxy) is 1. The Morgan fingerprint density at radius 3 is 2.76 bits per heavy atom. The summed E-state index contributed by atoms with van der Waals surface area (Å²) in [6.45, 7) is 2.99. The van der Waals surface area contributed by atoms with Gasteiger partial charge in [-0.25, -0.2) is 0 Å². The molecule has 2 fully saturated rings. The van der Waals surface area contributed by atoms with E-state index in [9.17, 15) is 0 Å². The molecule has 1 saturated heterocycles. The number of hydrogen-bond acceptors (Lipinski definition) is 2. The number of hydrogen-bond donors (Lipinski definition) is 1. The summed E-state index contributed by atoms with van der Waals surface area (Å²) in [7, 11) is 0. The monoisotopic (exact) mass is 351 g/mol. The first-order valence-electron chi connectivity index (χ1n) is 8.25. The molecule has 1 aromatic carbocycles. The maximum atomic E-state index is 6.63. The van der Waals surface area contributed by atoms with E-state index in [1.165, 1.54) is 43.2 Å². The van der Waals surface area contributed by atoms with Crippen molar-refractivity contribution in [2.75, 3.05) is 6.61 Å². The smallest absolute Gasteiger partial charge is 0.0685 e. The lowest BCUT2D eigenvalue weighted by atomic mass is 9.73. The fourth-order valence-electron chi connectivity index (χ4n) is 4.07. The number of benzene rings is 1. The first-order chi connectivity index (χ1) is 10.1. The molecule has 1 heterocycles. The quantitative estimate of drug-likeness (QED) is 0.823. The molecule has 1 aromatic rings. The first kappa shape index (κ1) is 15.5. The predicted octanol–water partition coefficient (Wildman–Crippen LogP) is 4.89. The van der Waals surface area contributed by atoms with Crippen molar-refractivity contribution in [3.8, 4) is 0 Å². The molecule has 3 rings (SSSR count). The third-order valence-electron chi connectivity index (χ3n) is 5.32. The molecule has 2 nitrogen and oxygen atoms in total. The van der Waals surface area contributed by atoms with Crippen molar-refractivity contribution >= 4 is 15.9 Å². The van der Waals surface area contributed by atoms with Crippen LogP contribution in [-0.2, 0) is 4.74 Å². The SMILES string of the molecule is Cc1ccc(C(N)C2CCOC3(CCCCC3)C2)c(Br)c1. The van der Waals surface area contributed by atoms with Crippen molar-refractivity contribution in [1.29, 1.82) is 0 Å². The Morgan fingerprint density at radius 2 is 2.05 bits per heavy atom. The average Bonchev–Trinajstić information content (AvgIpc) is 2.47. The van der Waals surface area contributed by atoms with Crippen LogP contribution < -0.4 is 5.73 Å².